The Balaban J connectivity index is 1.63. The van der Waals surface area contributed by atoms with Crippen LogP contribution in [0.25, 0.3) is 27.6 Å². The van der Waals surface area contributed by atoms with Gasteiger partial charge in [-0.3, -0.25) is 4.79 Å². The molecule has 0 fully saturated rings. The van der Waals surface area contributed by atoms with Gasteiger partial charge < -0.3 is 0 Å². The molecule has 28 heavy (non-hydrogen) atoms. The number of fused-ring (bicyclic) bond motifs is 2. The van der Waals surface area contributed by atoms with Gasteiger partial charge in [-0.1, -0.05) is 66.7 Å². The molecule has 0 radical (unpaired) electrons. The van der Waals surface area contributed by atoms with Crippen LogP contribution < -0.4 is 0 Å². The topological polar surface area (TPSA) is 51.2 Å². The number of benzene rings is 4. The molecule has 0 atom stereocenters. The van der Waals surface area contributed by atoms with Crippen molar-refractivity contribution < 1.29 is 13.2 Å². The maximum atomic E-state index is 12.4. The molecule has 0 saturated carbocycles. The molecule has 4 aromatic rings. The standard InChI is InChI=1S/C24H18O3S/c25-22(17-28(26,27)23-11-2-1-3-12-23)14-13-18-9-6-10-21-15-19-7-4-5-8-20(19)16-24(18)21/h1-16H,17H2. The van der Waals surface area contributed by atoms with Gasteiger partial charge in [-0.25, -0.2) is 8.42 Å². The second-order valence-electron chi connectivity index (χ2n) is 6.64. The molecule has 138 valence electrons. The molecule has 0 saturated heterocycles. The van der Waals surface area contributed by atoms with Crippen molar-refractivity contribution in [1.29, 1.82) is 0 Å². The summed E-state index contributed by atoms with van der Waals surface area (Å²) in [6.07, 6.45) is 3.05. The lowest BCUT2D eigenvalue weighted by atomic mass is 9.99. The Hall–Kier alpha value is -3.24. The Morgan fingerprint density at radius 3 is 2.14 bits per heavy atom. The lowest BCUT2D eigenvalue weighted by Crippen LogP contribution is -2.14. The highest BCUT2D eigenvalue weighted by molar-refractivity contribution is 7.92. The first kappa shape index (κ1) is 18.1. The zero-order chi connectivity index (χ0) is 19.6. The van der Waals surface area contributed by atoms with E-state index >= 15 is 0 Å². The first-order valence-corrected chi connectivity index (χ1v) is 10.6. The summed E-state index contributed by atoms with van der Waals surface area (Å²) >= 11 is 0. The predicted octanol–water partition coefficient (Wildman–Crippen LogP) is 5.05. The molecule has 0 bridgehead atoms. The highest BCUT2D eigenvalue weighted by atomic mass is 32.2. The van der Waals surface area contributed by atoms with Gasteiger partial charge in [0.1, 0.15) is 5.75 Å². The monoisotopic (exact) mass is 386 g/mol. The maximum absolute atomic E-state index is 12.4. The lowest BCUT2D eigenvalue weighted by molar-refractivity contribution is -0.112. The fourth-order valence-electron chi connectivity index (χ4n) is 3.27. The van der Waals surface area contributed by atoms with Crippen molar-refractivity contribution in [2.24, 2.45) is 0 Å². The fraction of sp³-hybridized carbons (Fsp3) is 0.0417. The number of hydrogen-bond donors (Lipinski definition) is 0. The van der Waals surface area contributed by atoms with E-state index in [0.717, 1.165) is 27.1 Å². The van der Waals surface area contributed by atoms with Crippen LogP contribution in [0.1, 0.15) is 5.56 Å². The lowest BCUT2D eigenvalue weighted by Gasteiger charge is -2.05. The van der Waals surface area contributed by atoms with E-state index in [1.165, 1.54) is 18.2 Å². The van der Waals surface area contributed by atoms with Gasteiger partial charge in [-0.2, -0.15) is 0 Å². The van der Waals surface area contributed by atoms with Crippen molar-refractivity contribution in [3.8, 4) is 0 Å². The molecule has 4 aromatic carbocycles. The van der Waals surface area contributed by atoms with Gasteiger partial charge >= 0.3 is 0 Å². The Morgan fingerprint density at radius 1 is 0.750 bits per heavy atom. The zero-order valence-corrected chi connectivity index (χ0v) is 15.9. The zero-order valence-electron chi connectivity index (χ0n) is 15.1. The minimum atomic E-state index is -3.64. The molecule has 0 heterocycles. The van der Waals surface area contributed by atoms with Crippen LogP contribution in [-0.4, -0.2) is 20.0 Å². The molecule has 4 heteroatoms. The molecule has 3 nitrogen and oxygen atoms in total. The minimum Gasteiger partial charge on any atom is -0.294 e. The Labute approximate surface area is 163 Å². The SMILES string of the molecule is O=C(C=Cc1cccc2cc3ccccc3cc12)CS(=O)(=O)c1ccccc1. The van der Waals surface area contributed by atoms with Crippen molar-refractivity contribution in [3.05, 3.63) is 96.6 Å². The van der Waals surface area contributed by atoms with E-state index in [9.17, 15) is 13.2 Å². The van der Waals surface area contributed by atoms with Crippen LogP contribution in [0.15, 0.2) is 95.9 Å². The molecule has 0 N–H and O–H groups in total. The van der Waals surface area contributed by atoms with Crippen molar-refractivity contribution in [2.45, 2.75) is 4.90 Å². The van der Waals surface area contributed by atoms with Gasteiger partial charge in [-0.05, 0) is 57.4 Å². The van der Waals surface area contributed by atoms with Gasteiger partial charge in [0, 0.05) is 0 Å². The molecule has 0 amide bonds. The van der Waals surface area contributed by atoms with Gasteiger partial charge in [0.2, 0.25) is 0 Å². The van der Waals surface area contributed by atoms with Gasteiger partial charge in [0.15, 0.2) is 15.6 Å². The molecule has 0 spiro atoms. The number of allylic oxidation sites excluding steroid dienone is 1. The van der Waals surface area contributed by atoms with Crippen LogP contribution in [0.3, 0.4) is 0 Å². The van der Waals surface area contributed by atoms with E-state index in [-0.39, 0.29) is 4.90 Å². The summed E-state index contributed by atoms with van der Waals surface area (Å²) in [4.78, 5) is 12.4. The van der Waals surface area contributed by atoms with Crippen molar-refractivity contribution in [1.82, 2.24) is 0 Å². The summed E-state index contributed by atoms with van der Waals surface area (Å²) in [6, 6.07) is 26.2. The third-order valence-corrected chi connectivity index (χ3v) is 6.32. The van der Waals surface area contributed by atoms with Crippen LogP contribution in [0.5, 0.6) is 0 Å². The van der Waals surface area contributed by atoms with Crippen LogP contribution in [0, 0.1) is 0 Å². The second kappa shape index (κ2) is 7.41. The highest BCUT2D eigenvalue weighted by Crippen LogP contribution is 2.26. The highest BCUT2D eigenvalue weighted by Gasteiger charge is 2.17. The van der Waals surface area contributed by atoms with Gasteiger partial charge in [-0.15, -0.1) is 0 Å². The third kappa shape index (κ3) is 3.73. The molecular weight excluding hydrogens is 368 g/mol. The second-order valence-corrected chi connectivity index (χ2v) is 8.63. The summed E-state index contributed by atoms with van der Waals surface area (Å²) in [7, 11) is -3.64. The summed E-state index contributed by atoms with van der Waals surface area (Å²) < 4.78 is 24.7. The molecule has 0 aromatic heterocycles. The average molecular weight is 386 g/mol. The Bertz CT molecular complexity index is 1300. The van der Waals surface area contributed by atoms with E-state index in [0.29, 0.717) is 0 Å². The quantitative estimate of drug-likeness (QED) is 0.356. The Kier molecular flexibility index (Phi) is 4.80. The number of carbonyl (C=O) groups excluding carboxylic acids is 1. The first-order chi connectivity index (χ1) is 13.5. The van der Waals surface area contributed by atoms with Crippen LogP contribution in [0.4, 0.5) is 0 Å². The van der Waals surface area contributed by atoms with Crippen molar-refractivity contribution >= 4 is 43.2 Å². The van der Waals surface area contributed by atoms with Gasteiger partial charge in [0.05, 0.1) is 4.90 Å². The van der Waals surface area contributed by atoms with E-state index in [2.05, 4.69) is 18.2 Å². The summed E-state index contributed by atoms with van der Waals surface area (Å²) in [5, 5.41) is 4.37. The van der Waals surface area contributed by atoms with E-state index < -0.39 is 21.4 Å². The number of hydrogen-bond acceptors (Lipinski definition) is 3. The molecule has 0 aliphatic carbocycles. The van der Waals surface area contributed by atoms with Crippen molar-refractivity contribution in [2.75, 3.05) is 5.75 Å². The van der Waals surface area contributed by atoms with Crippen LogP contribution >= 0.6 is 0 Å². The smallest absolute Gasteiger partial charge is 0.185 e. The summed E-state index contributed by atoms with van der Waals surface area (Å²) in [5.41, 5.74) is 0.883. The Morgan fingerprint density at radius 2 is 1.39 bits per heavy atom. The third-order valence-electron chi connectivity index (χ3n) is 4.66. The number of rotatable bonds is 5. The molecular formula is C24H18O3S. The number of ketones is 1. The van der Waals surface area contributed by atoms with Crippen LogP contribution in [-0.2, 0) is 14.6 Å². The predicted molar refractivity (Wildman–Crippen MR) is 114 cm³/mol. The number of sulfone groups is 1. The van der Waals surface area contributed by atoms with E-state index in [1.807, 2.05) is 36.4 Å². The normalized spacial score (nSPS) is 12.0. The summed E-state index contributed by atoms with van der Waals surface area (Å²) in [5.74, 6) is -0.983. The first-order valence-electron chi connectivity index (χ1n) is 8.93. The largest absolute Gasteiger partial charge is 0.294 e. The van der Waals surface area contributed by atoms with E-state index in [1.54, 1.807) is 24.3 Å². The van der Waals surface area contributed by atoms with E-state index in [4.69, 9.17) is 0 Å². The minimum absolute atomic E-state index is 0.161. The average Bonchev–Trinajstić information content (AvgIpc) is 2.71. The number of carbonyl (C=O) groups is 1. The fourth-order valence-corrected chi connectivity index (χ4v) is 4.47. The molecule has 0 aliphatic heterocycles. The molecule has 0 aliphatic rings. The van der Waals surface area contributed by atoms with Gasteiger partial charge in [0.25, 0.3) is 0 Å². The van der Waals surface area contributed by atoms with Crippen LogP contribution in [0.2, 0.25) is 0 Å². The molecule has 4 rings (SSSR count). The van der Waals surface area contributed by atoms with Crippen molar-refractivity contribution in [3.63, 3.8) is 0 Å². The maximum Gasteiger partial charge on any atom is 0.185 e. The summed E-state index contributed by atoms with van der Waals surface area (Å²) in [6.45, 7) is 0. The molecule has 0 unspecified atom stereocenters.